The van der Waals surface area contributed by atoms with Gasteiger partial charge in [0.1, 0.15) is 5.82 Å². The summed E-state index contributed by atoms with van der Waals surface area (Å²) in [7, 11) is 0. The molecule has 1 N–H and O–H groups in total. The molecule has 0 bridgehead atoms. The molecule has 0 saturated carbocycles. The van der Waals surface area contributed by atoms with E-state index in [4.69, 9.17) is 11.6 Å². The van der Waals surface area contributed by atoms with E-state index in [1.54, 1.807) is 6.07 Å². The molecular formula is C15H14BrClFN. The van der Waals surface area contributed by atoms with E-state index in [1.807, 2.05) is 19.1 Å². The van der Waals surface area contributed by atoms with E-state index in [1.165, 1.54) is 17.7 Å². The number of benzene rings is 2. The van der Waals surface area contributed by atoms with Crippen LogP contribution in [0.5, 0.6) is 0 Å². The summed E-state index contributed by atoms with van der Waals surface area (Å²) in [5.41, 5.74) is 2.08. The van der Waals surface area contributed by atoms with Gasteiger partial charge in [-0.1, -0.05) is 45.7 Å². The summed E-state index contributed by atoms with van der Waals surface area (Å²) >= 11 is 9.49. The second-order valence-electron chi connectivity index (χ2n) is 4.40. The molecule has 2 aromatic carbocycles. The first-order valence-corrected chi connectivity index (χ1v) is 7.16. The smallest absolute Gasteiger partial charge is 0.124 e. The van der Waals surface area contributed by atoms with E-state index in [2.05, 4.69) is 33.4 Å². The predicted octanol–water partition coefficient (Wildman–Crippen LogP) is 5.09. The minimum Gasteiger partial charge on any atom is -0.306 e. The standard InChI is InChI=1S/C15H14BrClFN/c1-10(14-6-5-13(18)8-15(14)17)19-9-11-3-2-4-12(16)7-11/h2-8,10,19H,9H2,1H3. The fourth-order valence-corrected chi connectivity index (χ4v) is 2.66. The maximum absolute atomic E-state index is 13.0. The lowest BCUT2D eigenvalue weighted by molar-refractivity contribution is 0.571. The minimum atomic E-state index is -0.312. The molecule has 1 unspecified atom stereocenters. The molecule has 0 aromatic heterocycles. The van der Waals surface area contributed by atoms with Crippen LogP contribution in [0.3, 0.4) is 0 Å². The van der Waals surface area contributed by atoms with E-state index in [9.17, 15) is 4.39 Å². The highest BCUT2D eigenvalue weighted by Crippen LogP contribution is 2.24. The molecule has 0 radical (unpaired) electrons. The second kappa shape index (κ2) is 6.51. The Morgan fingerprint density at radius 2 is 2.05 bits per heavy atom. The zero-order chi connectivity index (χ0) is 13.8. The third-order valence-corrected chi connectivity index (χ3v) is 3.75. The van der Waals surface area contributed by atoms with E-state index in [0.29, 0.717) is 5.02 Å². The van der Waals surface area contributed by atoms with Crippen molar-refractivity contribution in [2.75, 3.05) is 0 Å². The quantitative estimate of drug-likeness (QED) is 0.816. The van der Waals surface area contributed by atoms with E-state index in [-0.39, 0.29) is 11.9 Å². The lowest BCUT2D eigenvalue weighted by atomic mass is 10.1. The van der Waals surface area contributed by atoms with Crippen LogP contribution in [0, 0.1) is 5.82 Å². The van der Waals surface area contributed by atoms with Crippen molar-refractivity contribution in [3.05, 3.63) is 68.9 Å². The lowest BCUT2D eigenvalue weighted by Crippen LogP contribution is -2.18. The maximum Gasteiger partial charge on any atom is 0.124 e. The molecule has 0 aliphatic rings. The molecule has 0 fully saturated rings. The van der Waals surface area contributed by atoms with Gasteiger partial charge in [-0.2, -0.15) is 0 Å². The van der Waals surface area contributed by atoms with E-state index in [0.717, 1.165) is 16.6 Å². The zero-order valence-electron chi connectivity index (χ0n) is 10.5. The van der Waals surface area contributed by atoms with Gasteiger partial charge in [0, 0.05) is 22.1 Å². The van der Waals surface area contributed by atoms with E-state index < -0.39 is 0 Å². The maximum atomic E-state index is 13.0. The highest BCUT2D eigenvalue weighted by Gasteiger charge is 2.09. The van der Waals surface area contributed by atoms with Crippen LogP contribution in [0.15, 0.2) is 46.9 Å². The average molecular weight is 343 g/mol. The third-order valence-electron chi connectivity index (χ3n) is 2.93. The Morgan fingerprint density at radius 3 is 2.74 bits per heavy atom. The lowest BCUT2D eigenvalue weighted by Gasteiger charge is -2.16. The van der Waals surface area contributed by atoms with Crippen LogP contribution in [-0.2, 0) is 6.54 Å². The van der Waals surface area contributed by atoms with Crippen LogP contribution in [0.2, 0.25) is 5.02 Å². The van der Waals surface area contributed by atoms with Gasteiger partial charge in [-0.05, 0) is 42.3 Å². The zero-order valence-corrected chi connectivity index (χ0v) is 12.8. The topological polar surface area (TPSA) is 12.0 Å². The van der Waals surface area contributed by atoms with Gasteiger partial charge in [-0.25, -0.2) is 4.39 Å². The molecule has 0 spiro atoms. The highest BCUT2D eigenvalue weighted by molar-refractivity contribution is 9.10. The Morgan fingerprint density at radius 1 is 1.26 bits per heavy atom. The van der Waals surface area contributed by atoms with Crippen molar-refractivity contribution in [3.8, 4) is 0 Å². The Labute approximate surface area is 125 Å². The molecule has 19 heavy (non-hydrogen) atoms. The van der Waals surface area contributed by atoms with Gasteiger partial charge in [0.15, 0.2) is 0 Å². The minimum absolute atomic E-state index is 0.0621. The normalized spacial score (nSPS) is 12.4. The first-order chi connectivity index (χ1) is 9.06. The number of hydrogen-bond donors (Lipinski definition) is 1. The first kappa shape index (κ1) is 14.5. The van der Waals surface area contributed by atoms with Crippen molar-refractivity contribution < 1.29 is 4.39 Å². The fraction of sp³-hybridized carbons (Fsp3) is 0.200. The largest absolute Gasteiger partial charge is 0.306 e. The van der Waals surface area contributed by atoms with Crippen LogP contribution in [0.1, 0.15) is 24.1 Å². The summed E-state index contributed by atoms with van der Waals surface area (Å²) in [6.45, 7) is 2.74. The molecule has 0 aliphatic heterocycles. The number of halogens is 3. The van der Waals surface area contributed by atoms with Crippen LogP contribution < -0.4 is 5.32 Å². The number of nitrogens with one attached hydrogen (secondary N) is 1. The van der Waals surface area contributed by atoms with Crippen LogP contribution in [0.25, 0.3) is 0 Å². The molecule has 0 heterocycles. The molecule has 1 nitrogen and oxygen atoms in total. The van der Waals surface area contributed by atoms with Gasteiger partial charge in [0.25, 0.3) is 0 Å². The van der Waals surface area contributed by atoms with Crippen LogP contribution in [0.4, 0.5) is 4.39 Å². The highest BCUT2D eigenvalue weighted by atomic mass is 79.9. The van der Waals surface area contributed by atoms with Crippen LogP contribution >= 0.6 is 27.5 Å². The van der Waals surface area contributed by atoms with Crippen molar-refractivity contribution in [3.63, 3.8) is 0 Å². The Balaban J connectivity index is 2.03. The summed E-state index contributed by atoms with van der Waals surface area (Å²) in [5.74, 6) is -0.312. The molecule has 2 rings (SSSR count). The van der Waals surface area contributed by atoms with Gasteiger partial charge in [0.05, 0.1) is 0 Å². The fourth-order valence-electron chi connectivity index (χ4n) is 1.88. The van der Waals surface area contributed by atoms with Crippen molar-refractivity contribution in [2.24, 2.45) is 0 Å². The van der Waals surface area contributed by atoms with Gasteiger partial charge in [-0.3, -0.25) is 0 Å². The number of hydrogen-bond acceptors (Lipinski definition) is 1. The second-order valence-corrected chi connectivity index (χ2v) is 5.72. The monoisotopic (exact) mass is 341 g/mol. The van der Waals surface area contributed by atoms with Crippen LogP contribution in [-0.4, -0.2) is 0 Å². The summed E-state index contributed by atoms with van der Waals surface area (Å²) in [6.07, 6.45) is 0. The third kappa shape index (κ3) is 4.03. The Kier molecular flexibility index (Phi) is 4.97. The van der Waals surface area contributed by atoms with Crippen molar-refractivity contribution in [1.82, 2.24) is 5.32 Å². The molecule has 0 amide bonds. The Hall–Kier alpha value is -0.900. The molecule has 0 saturated heterocycles. The molecule has 1 atom stereocenters. The number of rotatable bonds is 4. The van der Waals surface area contributed by atoms with Gasteiger partial charge >= 0.3 is 0 Å². The first-order valence-electron chi connectivity index (χ1n) is 5.99. The average Bonchev–Trinajstić information content (AvgIpc) is 2.36. The predicted molar refractivity (Wildman–Crippen MR) is 80.8 cm³/mol. The van der Waals surface area contributed by atoms with Gasteiger partial charge < -0.3 is 5.32 Å². The molecule has 2 aromatic rings. The molecule has 100 valence electrons. The molecular weight excluding hydrogens is 329 g/mol. The molecule has 0 aliphatic carbocycles. The summed E-state index contributed by atoms with van der Waals surface area (Å²) < 4.78 is 14.1. The van der Waals surface area contributed by atoms with E-state index >= 15 is 0 Å². The van der Waals surface area contributed by atoms with Gasteiger partial charge in [0.2, 0.25) is 0 Å². The summed E-state index contributed by atoms with van der Waals surface area (Å²) in [4.78, 5) is 0. The molecule has 4 heteroatoms. The summed E-state index contributed by atoms with van der Waals surface area (Å²) in [6, 6.07) is 12.7. The summed E-state index contributed by atoms with van der Waals surface area (Å²) in [5, 5.41) is 3.83. The van der Waals surface area contributed by atoms with Gasteiger partial charge in [-0.15, -0.1) is 0 Å². The Bertz CT molecular complexity index is 574. The van der Waals surface area contributed by atoms with Crippen molar-refractivity contribution in [1.29, 1.82) is 0 Å². The van der Waals surface area contributed by atoms with Crippen molar-refractivity contribution in [2.45, 2.75) is 19.5 Å². The van der Waals surface area contributed by atoms with Crippen molar-refractivity contribution >= 4 is 27.5 Å². The SMILES string of the molecule is CC(NCc1cccc(Br)c1)c1ccc(F)cc1Cl.